The summed E-state index contributed by atoms with van der Waals surface area (Å²) in [6.07, 6.45) is 1.97. The zero-order valence-electron chi connectivity index (χ0n) is 6.30. The number of ether oxygens (including phenoxy) is 1. The van der Waals surface area contributed by atoms with Gasteiger partial charge in [0, 0.05) is 12.2 Å². The predicted molar refractivity (Wildman–Crippen MR) is 41.7 cm³/mol. The minimum Gasteiger partial charge on any atom is -0.475 e. The van der Waals surface area contributed by atoms with Gasteiger partial charge in [-0.2, -0.15) is 0 Å². The van der Waals surface area contributed by atoms with Crippen molar-refractivity contribution in [1.29, 1.82) is 0 Å². The zero-order valence-corrected chi connectivity index (χ0v) is 7.06. The number of hydrogen-bond acceptors (Lipinski definition) is 2. The Morgan fingerprint density at radius 3 is 2.80 bits per heavy atom. The van der Waals surface area contributed by atoms with Gasteiger partial charge in [0.05, 0.1) is 5.88 Å². The summed E-state index contributed by atoms with van der Waals surface area (Å²) in [5.74, 6) is 1.35. The fourth-order valence-corrected chi connectivity index (χ4v) is 0.934. The minimum absolute atomic E-state index is 0.475. The van der Waals surface area contributed by atoms with Crippen LogP contribution in [0.5, 0.6) is 0 Å². The third kappa shape index (κ3) is 1.57. The molecule has 58 valence electrons. The summed E-state index contributed by atoms with van der Waals surface area (Å²) in [5, 5.41) is 0. The summed E-state index contributed by atoms with van der Waals surface area (Å²) in [6, 6.07) is 0.501. The van der Waals surface area contributed by atoms with E-state index in [-0.39, 0.29) is 0 Å². The van der Waals surface area contributed by atoms with Crippen molar-refractivity contribution in [3.63, 3.8) is 0 Å². The Labute approximate surface area is 66.4 Å². The molecule has 0 unspecified atom stereocenters. The van der Waals surface area contributed by atoms with E-state index in [0.29, 0.717) is 18.7 Å². The molecule has 0 aromatic heterocycles. The fraction of sp³-hybridized carbons (Fsp3) is 0.714. The molecule has 0 aliphatic carbocycles. The molecule has 0 aromatic carbocycles. The van der Waals surface area contributed by atoms with E-state index < -0.39 is 0 Å². The van der Waals surface area contributed by atoms with Gasteiger partial charge in [-0.05, 0) is 13.8 Å². The molecule has 1 aliphatic heterocycles. The van der Waals surface area contributed by atoms with Crippen LogP contribution in [0.25, 0.3) is 0 Å². The number of alkyl halides is 1. The first-order valence-electron chi connectivity index (χ1n) is 3.39. The Balaban J connectivity index is 2.47. The van der Waals surface area contributed by atoms with Crippen LogP contribution in [-0.4, -0.2) is 23.6 Å². The summed E-state index contributed by atoms with van der Waals surface area (Å²) >= 11 is 5.56. The third-order valence-corrected chi connectivity index (χ3v) is 1.77. The van der Waals surface area contributed by atoms with Crippen LogP contribution in [0.15, 0.2) is 12.0 Å². The van der Waals surface area contributed by atoms with Crippen molar-refractivity contribution in [2.24, 2.45) is 0 Å². The number of halogens is 1. The molecule has 2 nitrogen and oxygen atoms in total. The first-order valence-corrected chi connectivity index (χ1v) is 3.92. The molecule has 0 spiro atoms. The smallest absolute Gasteiger partial charge is 0.161 e. The highest BCUT2D eigenvalue weighted by atomic mass is 35.5. The quantitative estimate of drug-likeness (QED) is 0.573. The van der Waals surface area contributed by atoms with Crippen molar-refractivity contribution in [2.45, 2.75) is 19.9 Å². The summed E-state index contributed by atoms with van der Waals surface area (Å²) in [4.78, 5) is 2.11. The van der Waals surface area contributed by atoms with E-state index >= 15 is 0 Å². The highest BCUT2D eigenvalue weighted by molar-refractivity contribution is 6.19. The van der Waals surface area contributed by atoms with E-state index in [1.165, 1.54) is 0 Å². The standard InChI is InChI=1S/C7H12ClNO/c1-6(2)9-4-7(3-8)10-5-9/h4,6H,3,5H2,1-2H3. The molecule has 1 rings (SSSR count). The maximum atomic E-state index is 5.56. The van der Waals surface area contributed by atoms with E-state index in [2.05, 4.69) is 18.7 Å². The van der Waals surface area contributed by atoms with Gasteiger partial charge >= 0.3 is 0 Å². The molecule has 0 saturated heterocycles. The summed E-state index contributed by atoms with van der Waals surface area (Å²) < 4.78 is 5.23. The van der Waals surface area contributed by atoms with E-state index in [4.69, 9.17) is 16.3 Å². The van der Waals surface area contributed by atoms with E-state index in [1.807, 2.05) is 6.20 Å². The molecule has 3 heteroatoms. The van der Waals surface area contributed by atoms with Crippen molar-refractivity contribution in [2.75, 3.05) is 12.6 Å². The Bertz CT molecular complexity index is 145. The molecule has 0 fully saturated rings. The lowest BCUT2D eigenvalue weighted by Gasteiger charge is -2.17. The first-order chi connectivity index (χ1) is 4.74. The van der Waals surface area contributed by atoms with Crippen LogP contribution >= 0.6 is 11.6 Å². The third-order valence-electron chi connectivity index (χ3n) is 1.50. The average molecular weight is 162 g/mol. The SMILES string of the molecule is CC(C)N1C=C(CCl)OC1. The van der Waals surface area contributed by atoms with Gasteiger partial charge in [0.25, 0.3) is 0 Å². The minimum atomic E-state index is 0.475. The normalized spacial score (nSPS) is 17.6. The lowest BCUT2D eigenvalue weighted by atomic mass is 10.4. The van der Waals surface area contributed by atoms with Crippen molar-refractivity contribution in [3.05, 3.63) is 12.0 Å². The van der Waals surface area contributed by atoms with Crippen LogP contribution < -0.4 is 0 Å². The molecule has 0 amide bonds. The molecule has 0 saturated carbocycles. The second kappa shape index (κ2) is 3.15. The van der Waals surface area contributed by atoms with Crippen LogP contribution in [0.1, 0.15) is 13.8 Å². The second-order valence-electron chi connectivity index (χ2n) is 2.61. The van der Waals surface area contributed by atoms with Gasteiger partial charge in [-0.3, -0.25) is 0 Å². The second-order valence-corrected chi connectivity index (χ2v) is 2.88. The van der Waals surface area contributed by atoms with Crippen LogP contribution in [0.3, 0.4) is 0 Å². The monoisotopic (exact) mass is 161 g/mol. The highest BCUT2D eigenvalue weighted by Crippen LogP contribution is 2.14. The lowest BCUT2D eigenvalue weighted by molar-refractivity contribution is 0.135. The Hall–Kier alpha value is -0.370. The van der Waals surface area contributed by atoms with Crippen molar-refractivity contribution < 1.29 is 4.74 Å². The maximum absolute atomic E-state index is 5.56. The van der Waals surface area contributed by atoms with Crippen molar-refractivity contribution in [1.82, 2.24) is 4.90 Å². The van der Waals surface area contributed by atoms with Gasteiger partial charge < -0.3 is 9.64 Å². The van der Waals surface area contributed by atoms with Crippen LogP contribution in [-0.2, 0) is 4.74 Å². The van der Waals surface area contributed by atoms with Crippen molar-refractivity contribution in [3.8, 4) is 0 Å². The molecule has 10 heavy (non-hydrogen) atoms. The van der Waals surface area contributed by atoms with Gasteiger partial charge in [-0.25, -0.2) is 0 Å². The maximum Gasteiger partial charge on any atom is 0.161 e. The van der Waals surface area contributed by atoms with Gasteiger partial charge in [0.15, 0.2) is 6.73 Å². The number of rotatable bonds is 2. The zero-order chi connectivity index (χ0) is 7.56. The Morgan fingerprint density at radius 1 is 1.80 bits per heavy atom. The number of hydrogen-bond donors (Lipinski definition) is 0. The molecule has 0 radical (unpaired) electrons. The molecule has 0 bridgehead atoms. The molecule has 0 aromatic rings. The molecular formula is C7H12ClNO. The highest BCUT2D eigenvalue weighted by Gasteiger charge is 2.13. The lowest BCUT2D eigenvalue weighted by Crippen LogP contribution is -2.23. The van der Waals surface area contributed by atoms with Gasteiger partial charge in [0.2, 0.25) is 0 Å². The number of allylic oxidation sites excluding steroid dienone is 1. The largest absolute Gasteiger partial charge is 0.475 e. The van der Waals surface area contributed by atoms with Crippen LogP contribution in [0.4, 0.5) is 0 Å². The van der Waals surface area contributed by atoms with Crippen molar-refractivity contribution >= 4 is 11.6 Å². The van der Waals surface area contributed by atoms with Crippen LogP contribution in [0.2, 0.25) is 0 Å². The molecule has 1 heterocycles. The van der Waals surface area contributed by atoms with Crippen LogP contribution in [0, 0.1) is 0 Å². The fourth-order valence-electron chi connectivity index (χ4n) is 0.788. The molecule has 0 atom stereocenters. The summed E-state index contributed by atoms with van der Waals surface area (Å²) in [7, 11) is 0. The Kier molecular flexibility index (Phi) is 2.44. The average Bonchev–Trinajstić information content (AvgIpc) is 2.34. The summed E-state index contributed by atoms with van der Waals surface area (Å²) in [5.41, 5.74) is 0. The molecule has 1 aliphatic rings. The molecule has 0 N–H and O–H groups in total. The van der Waals surface area contributed by atoms with Gasteiger partial charge in [-0.1, -0.05) is 0 Å². The first kappa shape index (κ1) is 7.73. The Morgan fingerprint density at radius 2 is 2.50 bits per heavy atom. The summed E-state index contributed by atoms with van der Waals surface area (Å²) in [6.45, 7) is 4.90. The van der Waals surface area contributed by atoms with Gasteiger partial charge in [-0.15, -0.1) is 11.6 Å². The van der Waals surface area contributed by atoms with E-state index in [9.17, 15) is 0 Å². The number of nitrogens with zero attached hydrogens (tertiary/aromatic N) is 1. The van der Waals surface area contributed by atoms with Gasteiger partial charge in [0.1, 0.15) is 5.76 Å². The predicted octanol–water partition coefficient (Wildman–Crippen LogP) is 1.76. The topological polar surface area (TPSA) is 12.5 Å². The van der Waals surface area contributed by atoms with E-state index in [0.717, 1.165) is 5.76 Å². The van der Waals surface area contributed by atoms with E-state index in [1.54, 1.807) is 0 Å². The molecular weight excluding hydrogens is 150 g/mol.